The molecule has 24 heavy (non-hydrogen) atoms. The standard InChI is InChI=1S/C20H30N2O2/c1-3-4-5-6-9-21-20(23)24-18-7-8-19-16(12-18)10-15-11-17(19)14-22(2)13-15/h7-8,12,15,17H,3-6,9-11,13-14H2,1-2H3,(H,21,23). The lowest BCUT2D eigenvalue weighted by molar-refractivity contribution is 0.174. The molecular weight excluding hydrogens is 300 g/mol. The highest BCUT2D eigenvalue weighted by molar-refractivity contribution is 5.70. The van der Waals surface area contributed by atoms with Crippen molar-refractivity contribution in [1.82, 2.24) is 10.2 Å². The van der Waals surface area contributed by atoms with Crippen molar-refractivity contribution in [2.24, 2.45) is 5.92 Å². The molecule has 132 valence electrons. The summed E-state index contributed by atoms with van der Waals surface area (Å²) in [7, 11) is 2.21. The molecule has 0 spiro atoms. The van der Waals surface area contributed by atoms with E-state index in [4.69, 9.17) is 4.74 Å². The van der Waals surface area contributed by atoms with Crippen LogP contribution < -0.4 is 10.1 Å². The maximum atomic E-state index is 11.9. The maximum absolute atomic E-state index is 11.9. The third-order valence-electron chi connectivity index (χ3n) is 5.29. The minimum absolute atomic E-state index is 0.331. The Balaban J connectivity index is 1.55. The van der Waals surface area contributed by atoms with Gasteiger partial charge in [-0.05, 0) is 61.4 Å². The summed E-state index contributed by atoms with van der Waals surface area (Å²) in [5.74, 6) is 2.05. The van der Waals surface area contributed by atoms with Crippen LogP contribution in [0.15, 0.2) is 18.2 Å². The minimum atomic E-state index is -0.331. The van der Waals surface area contributed by atoms with E-state index in [0.29, 0.717) is 18.2 Å². The molecule has 0 saturated carbocycles. The van der Waals surface area contributed by atoms with Gasteiger partial charge in [0.15, 0.2) is 0 Å². The van der Waals surface area contributed by atoms with Gasteiger partial charge in [0.2, 0.25) is 0 Å². The highest BCUT2D eigenvalue weighted by Crippen LogP contribution is 2.40. The van der Waals surface area contributed by atoms with E-state index in [9.17, 15) is 4.79 Å². The number of unbranched alkanes of at least 4 members (excludes halogenated alkanes) is 3. The molecule has 1 aromatic rings. The molecule has 4 heteroatoms. The number of likely N-dealkylation sites (tertiary alicyclic amines) is 1. The highest BCUT2D eigenvalue weighted by atomic mass is 16.6. The van der Waals surface area contributed by atoms with Crippen LogP contribution in [0.2, 0.25) is 0 Å². The third-order valence-corrected chi connectivity index (χ3v) is 5.29. The number of carbonyl (C=O) groups excluding carboxylic acids is 1. The zero-order valence-electron chi connectivity index (χ0n) is 15.0. The fraction of sp³-hybridized carbons (Fsp3) is 0.650. The Hall–Kier alpha value is -1.55. The van der Waals surface area contributed by atoms with E-state index < -0.39 is 0 Å². The van der Waals surface area contributed by atoms with Gasteiger partial charge in [-0.1, -0.05) is 32.3 Å². The lowest BCUT2D eigenvalue weighted by Gasteiger charge is -2.41. The Morgan fingerprint density at radius 2 is 2.17 bits per heavy atom. The van der Waals surface area contributed by atoms with Gasteiger partial charge < -0.3 is 15.0 Å². The van der Waals surface area contributed by atoms with Crippen molar-refractivity contribution in [1.29, 1.82) is 0 Å². The largest absolute Gasteiger partial charge is 0.412 e. The van der Waals surface area contributed by atoms with Crippen molar-refractivity contribution < 1.29 is 9.53 Å². The Labute approximate surface area is 145 Å². The smallest absolute Gasteiger partial charge is 0.410 e. The Bertz CT molecular complexity index is 573. The molecule has 3 rings (SSSR count). The first-order chi connectivity index (χ1) is 11.7. The van der Waals surface area contributed by atoms with Crippen molar-refractivity contribution in [3.63, 3.8) is 0 Å². The fourth-order valence-corrected chi connectivity index (χ4v) is 4.23. The number of carbonyl (C=O) groups is 1. The quantitative estimate of drug-likeness (QED) is 0.803. The summed E-state index contributed by atoms with van der Waals surface area (Å²) >= 11 is 0. The van der Waals surface area contributed by atoms with Crippen LogP contribution in [0, 0.1) is 5.92 Å². The predicted molar refractivity (Wildman–Crippen MR) is 96.7 cm³/mol. The highest BCUT2D eigenvalue weighted by Gasteiger charge is 2.32. The molecular formula is C20H30N2O2. The molecule has 1 saturated heterocycles. The number of hydrogen-bond donors (Lipinski definition) is 1. The number of benzene rings is 1. The average molecular weight is 330 g/mol. The SMILES string of the molecule is CCCCCCNC(=O)Oc1ccc2c(c1)CC1CC2CN(C)C1. The van der Waals surface area contributed by atoms with Crippen LogP contribution in [0.3, 0.4) is 0 Å². The number of ether oxygens (including phenoxy) is 1. The average Bonchev–Trinajstić information content (AvgIpc) is 2.54. The summed E-state index contributed by atoms with van der Waals surface area (Å²) in [6.07, 6.45) is 6.68. The molecule has 2 aliphatic rings. The normalized spacial score (nSPS) is 22.8. The van der Waals surface area contributed by atoms with E-state index in [2.05, 4.69) is 36.3 Å². The van der Waals surface area contributed by atoms with E-state index in [1.165, 1.54) is 36.9 Å². The first kappa shape index (κ1) is 17.3. The summed E-state index contributed by atoms with van der Waals surface area (Å²) in [4.78, 5) is 14.4. The maximum Gasteiger partial charge on any atom is 0.412 e. The van der Waals surface area contributed by atoms with Crippen molar-refractivity contribution in [3.8, 4) is 5.75 Å². The van der Waals surface area contributed by atoms with E-state index in [-0.39, 0.29) is 6.09 Å². The minimum Gasteiger partial charge on any atom is -0.410 e. The first-order valence-electron chi connectivity index (χ1n) is 9.42. The molecule has 1 aliphatic heterocycles. The molecule has 1 amide bonds. The van der Waals surface area contributed by atoms with Crippen LogP contribution in [-0.4, -0.2) is 37.7 Å². The Kier molecular flexibility index (Phi) is 5.77. The summed E-state index contributed by atoms with van der Waals surface area (Å²) < 4.78 is 5.47. The molecule has 0 aromatic heterocycles. The van der Waals surface area contributed by atoms with Gasteiger partial charge in [-0.2, -0.15) is 0 Å². The van der Waals surface area contributed by atoms with Gasteiger partial charge in [0.05, 0.1) is 0 Å². The predicted octanol–water partition coefficient (Wildman–Crippen LogP) is 3.95. The van der Waals surface area contributed by atoms with Crippen molar-refractivity contribution in [2.45, 2.75) is 51.4 Å². The van der Waals surface area contributed by atoms with Crippen molar-refractivity contribution in [2.75, 3.05) is 26.7 Å². The second kappa shape index (κ2) is 8.02. The molecule has 0 radical (unpaired) electrons. The molecule has 1 heterocycles. The number of fused-ring (bicyclic) bond motifs is 4. The van der Waals surface area contributed by atoms with Gasteiger partial charge in [-0.3, -0.25) is 0 Å². The van der Waals surface area contributed by atoms with Gasteiger partial charge in [-0.15, -0.1) is 0 Å². The van der Waals surface area contributed by atoms with Crippen LogP contribution >= 0.6 is 0 Å². The van der Waals surface area contributed by atoms with Crippen LogP contribution in [0.4, 0.5) is 4.79 Å². The van der Waals surface area contributed by atoms with Crippen LogP contribution in [0.25, 0.3) is 0 Å². The number of nitrogens with zero attached hydrogens (tertiary/aromatic N) is 1. The molecule has 2 unspecified atom stereocenters. The monoisotopic (exact) mass is 330 g/mol. The second-order valence-electron chi connectivity index (χ2n) is 7.46. The zero-order valence-corrected chi connectivity index (χ0v) is 15.0. The van der Waals surface area contributed by atoms with Crippen LogP contribution in [0.1, 0.15) is 56.1 Å². The Morgan fingerprint density at radius 3 is 3.00 bits per heavy atom. The van der Waals surface area contributed by atoms with Gasteiger partial charge in [0.1, 0.15) is 5.75 Å². The summed E-state index contributed by atoms with van der Waals surface area (Å²) in [6.45, 7) is 5.20. The summed E-state index contributed by atoms with van der Waals surface area (Å²) in [5.41, 5.74) is 2.82. The third kappa shape index (κ3) is 4.29. The first-order valence-corrected chi connectivity index (χ1v) is 9.42. The van der Waals surface area contributed by atoms with Gasteiger partial charge in [0.25, 0.3) is 0 Å². The van der Waals surface area contributed by atoms with Gasteiger partial charge in [0, 0.05) is 19.6 Å². The lowest BCUT2D eigenvalue weighted by Crippen LogP contribution is -2.40. The molecule has 4 nitrogen and oxygen atoms in total. The fourth-order valence-electron chi connectivity index (χ4n) is 4.23. The molecule has 1 aliphatic carbocycles. The number of nitrogens with one attached hydrogen (secondary N) is 1. The zero-order chi connectivity index (χ0) is 16.9. The number of amides is 1. The number of rotatable bonds is 6. The number of hydrogen-bond acceptors (Lipinski definition) is 3. The molecule has 1 fully saturated rings. The van der Waals surface area contributed by atoms with E-state index in [1.807, 2.05) is 6.07 Å². The topological polar surface area (TPSA) is 41.6 Å². The lowest BCUT2D eigenvalue weighted by atomic mass is 9.74. The number of likely N-dealkylation sites (N-methyl/N-ethyl adjacent to an activating group) is 1. The summed E-state index contributed by atoms with van der Waals surface area (Å²) in [6, 6.07) is 6.19. The van der Waals surface area contributed by atoms with E-state index in [1.54, 1.807) is 0 Å². The second-order valence-corrected chi connectivity index (χ2v) is 7.46. The van der Waals surface area contributed by atoms with Crippen LogP contribution in [0.5, 0.6) is 5.75 Å². The van der Waals surface area contributed by atoms with Gasteiger partial charge in [-0.25, -0.2) is 4.79 Å². The molecule has 2 bridgehead atoms. The number of piperidine rings is 1. The van der Waals surface area contributed by atoms with E-state index >= 15 is 0 Å². The molecule has 1 N–H and O–H groups in total. The summed E-state index contributed by atoms with van der Waals surface area (Å²) in [5, 5.41) is 2.85. The van der Waals surface area contributed by atoms with Crippen molar-refractivity contribution in [3.05, 3.63) is 29.3 Å². The van der Waals surface area contributed by atoms with E-state index in [0.717, 1.165) is 31.7 Å². The molecule has 2 atom stereocenters. The molecule has 1 aromatic carbocycles. The van der Waals surface area contributed by atoms with Crippen molar-refractivity contribution >= 4 is 6.09 Å². The Morgan fingerprint density at radius 1 is 1.29 bits per heavy atom. The van der Waals surface area contributed by atoms with Crippen LogP contribution in [-0.2, 0) is 6.42 Å². The van der Waals surface area contributed by atoms with Gasteiger partial charge >= 0.3 is 6.09 Å².